The first kappa shape index (κ1) is 17.5. The van der Waals surface area contributed by atoms with Crippen molar-refractivity contribution in [3.63, 3.8) is 0 Å². The Labute approximate surface area is 155 Å². The van der Waals surface area contributed by atoms with E-state index in [0.717, 1.165) is 21.3 Å². The van der Waals surface area contributed by atoms with E-state index in [9.17, 15) is 4.79 Å². The molecule has 0 fully saturated rings. The van der Waals surface area contributed by atoms with E-state index in [0.29, 0.717) is 17.0 Å². The quantitative estimate of drug-likeness (QED) is 0.620. The number of hydrogen-bond acceptors (Lipinski definition) is 5. The Morgan fingerprint density at radius 2 is 1.96 bits per heavy atom. The molecule has 0 unspecified atom stereocenters. The molecule has 2 aromatic carbocycles. The lowest BCUT2D eigenvalue weighted by Gasteiger charge is -2.10. The van der Waals surface area contributed by atoms with Gasteiger partial charge >= 0.3 is 0 Å². The van der Waals surface area contributed by atoms with Gasteiger partial charge in [0, 0.05) is 22.4 Å². The van der Waals surface area contributed by atoms with E-state index >= 15 is 0 Å². The molecule has 0 saturated heterocycles. The number of rotatable bonds is 6. The van der Waals surface area contributed by atoms with Crippen molar-refractivity contribution in [2.75, 3.05) is 12.4 Å². The van der Waals surface area contributed by atoms with Crippen LogP contribution in [0.2, 0.25) is 0 Å². The molecular weight excluding hydrogens is 352 g/mol. The van der Waals surface area contributed by atoms with Crippen molar-refractivity contribution in [2.24, 2.45) is 0 Å². The van der Waals surface area contributed by atoms with Crippen LogP contribution in [0.15, 0.2) is 58.3 Å². The molecule has 3 rings (SSSR count). The second-order valence-electron chi connectivity index (χ2n) is 5.39. The molecule has 1 heterocycles. The smallest absolute Gasteiger partial charge is 0.255 e. The summed E-state index contributed by atoms with van der Waals surface area (Å²) in [7, 11) is 1.58. The number of carbonyl (C=O) groups is 1. The summed E-state index contributed by atoms with van der Waals surface area (Å²) in [5.74, 6) is 1.32. The highest BCUT2D eigenvalue weighted by Gasteiger charge is 2.09. The maximum absolute atomic E-state index is 12.4. The first-order valence-electron chi connectivity index (χ1n) is 7.74. The zero-order chi connectivity index (χ0) is 17.6. The van der Waals surface area contributed by atoms with Crippen LogP contribution in [0, 0.1) is 6.92 Å². The maximum Gasteiger partial charge on any atom is 0.255 e. The number of benzene rings is 2. The van der Waals surface area contributed by atoms with Crippen LogP contribution in [-0.4, -0.2) is 18.0 Å². The molecule has 0 radical (unpaired) electrons. The molecule has 6 heteroatoms. The third-order valence-electron chi connectivity index (χ3n) is 3.53. The lowest BCUT2D eigenvalue weighted by Crippen LogP contribution is -2.12. The summed E-state index contributed by atoms with van der Waals surface area (Å²) >= 11 is 3.36. The third-order valence-corrected chi connectivity index (χ3v) is 5.74. The average Bonchev–Trinajstić information content (AvgIpc) is 3.06. The molecule has 0 aliphatic heterocycles. The van der Waals surface area contributed by atoms with E-state index in [-0.39, 0.29) is 5.91 Å². The van der Waals surface area contributed by atoms with Gasteiger partial charge in [-0.2, -0.15) is 0 Å². The molecule has 0 saturated carbocycles. The average molecular weight is 370 g/mol. The SMILES string of the molecule is COc1ccccc1NC(=O)c1ccc(CSc2nc(C)cs2)cc1. The molecule has 0 aliphatic carbocycles. The molecule has 4 nitrogen and oxygen atoms in total. The van der Waals surface area contributed by atoms with Gasteiger partial charge in [0.2, 0.25) is 0 Å². The second-order valence-corrected chi connectivity index (χ2v) is 7.48. The van der Waals surface area contributed by atoms with Gasteiger partial charge in [0.05, 0.1) is 12.8 Å². The van der Waals surface area contributed by atoms with E-state index < -0.39 is 0 Å². The first-order valence-corrected chi connectivity index (χ1v) is 9.60. The van der Waals surface area contributed by atoms with Gasteiger partial charge in [0.1, 0.15) is 10.1 Å². The van der Waals surface area contributed by atoms with Gasteiger partial charge in [-0.25, -0.2) is 4.98 Å². The van der Waals surface area contributed by atoms with E-state index in [1.165, 1.54) is 0 Å². The van der Waals surface area contributed by atoms with Crippen molar-refractivity contribution in [2.45, 2.75) is 17.0 Å². The highest BCUT2D eigenvalue weighted by atomic mass is 32.2. The zero-order valence-corrected chi connectivity index (χ0v) is 15.6. The van der Waals surface area contributed by atoms with Crippen LogP contribution in [0.3, 0.4) is 0 Å². The van der Waals surface area contributed by atoms with E-state index in [1.807, 2.05) is 60.8 Å². The summed E-state index contributed by atoms with van der Waals surface area (Å²) in [5, 5.41) is 4.93. The minimum Gasteiger partial charge on any atom is -0.495 e. The maximum atomic E-state index is 12.4. The Bertz CT molecular complexity index is 860. The third kappa shape index (κ3) is 4.61. The Hall–Kier alpha value is -2.31. The summed E-state index contributed by atoms with van der Waals surface area (Å²) in [4.78, 5) is 16.8. The lowest BCUT2D eigenvalue weighted by molar-refractivity contribution is 0.102. The normalized spacial score (nSPS) is 10.5. The van der Waals surface area contributed by atoms with Crippen LogP contribution in [-0.2, 0) is 5.75 Å². The second kappa shape index (κ2) is 8.18. The number of thiazole rings is 1. The van der Waals surface area contributed by atoms with Gasteiger partial charge in [-0.3, -0.25) is 4.79 Å². The topological polar surface area (TPSA) is 51.2 Å². The number of aromatic nitrogens is 1. The van der Waals surface area contributed by atoms with Crippen molar-refractivity contribution >= 4 is 34.7 Å². The summed E-state index contributed by atoms with van der Waals surface area (Å²) in [5.41, 5.74) is 3.49. The molecule has 25 heavy (non-hydrogen) atoms. The fourth-order valence-electron chi connectivity index (χ4n) is 2.24. The summed E-state index contributed by atoms with van der Waals surface area (Å²) in [6.07, 6.45) is 0. The number of hydrogen-bond donors (Lipinski definition) is 1. The molecule has 1 N–H and O–H groups in total. The molecule has 3 aromatic rings. The van der Waals surface area contributed by atoms with Crippen LogP contribution in [0.5, 0.6) is 5.75 Å². The number of anilines is 1. The number of thioether (sulfide) groups is 1. The fourth-order valence-corrected chi connectivity index (χ4v) is 4.04. The number of aryl methyl sites for hydroxylation is 1. The lowest BCUT2D eigenvalue weighted by atomic mass is 10.1. The molecule has 128 valence electrons. The van der Waals surface area contributed by atoms with Gasteiger partial charge in [-0.1, -0.05) is 36.0 Å². The fraction of sp³-hybridized carbons (Fsp3) is 0.158. The van der Waals surface area contributed by atoms with Gasteiger partial charge in [0.25, 0.3) is 5.91 Å². The van der Waals surface area contributed by atoms with Crippen LogP contribution >= 0.6 is 23.1 Å². The molecule has 0 atom stereocenters. The van der Waals surface area contributed by atoms with E-state index in [2.05, 4.69) is 10.3 Å². The Morgan fingerprint density at radius 3 is 2.64 bits per heavy atom. The van der Waals surface area contributed by atoms with Crippen molar-refractivity contribution in [3.8, 4) is 5.75 Å². The van der Waals surface area contributed by atoms with Gasteiger partial charge < -0.3 is 10.1 Å². The highest BCUT2D eigenvalue weighted by molar-refractivity contribution is 8.00. The number of ether oxygens (including phenoxy) is 1. The summed E-state index contributed by atoms with van der Waals surface area (Å²) < 4.78 is 6.32. The number of amides is 1. The van der Waals surface area contributed by atoms with Crippen molar-refractivity contribution in [3.05, 3.63) is 70.7 Å². The Morgan fingerprint density at radius 1 is 1.20 bits per heavy atom. The van der Waals surface area contributed by atoms with Gasteiger partial charge in [0.15, 0.2) is 0 Å². The number of para-hydroxylation sites is 2. The van der Waals surface area contributed by atoms with Gasteiger partial charge in [-0.15, -0.1) is 11.3 Å². The predicted molar refractivity (Wildman–Crippen MR) is 104 cm³/mol. The number of nitrogens with one attached hydrogen (secondary N) is 1. The van der Waals surface area contributed by atoms with Crippen LogP contribution in [0.25, 0.3) is 0 Å². The standard InChI is InChI=1S/C19H18N2O2S2/c1-13-11-24-19(20-13)25-12-14-7-9-15(10-8-14)18(22)21-16-5-3-4-6-17(16)23-2/h3-11H,12H2,1-2H3,(H,21,22). The summed E-state index contributed by atoms with van der Waals surface area (Å²) in [6.45, 7) is 2.00. The highest BCUT2D eigenvalue weighted by Crippen LogP contribution is 2.26. The van der Waals surface area contributed by atoms with E-state index in [1.54, 1.807) is 30.2 Å². The molecular formula is C19H18N2O2S2. The van der Waals surface area contributed by atoms with Crippen LogP contribution in [0.1, 0.15) is 21.6 Å². The van der Waals surface area contributed by atoms with Crippen molar-refractivity contribution < 1.29 is 9.53 Å². The van der Waals surface area contributed by atoms with Crippen molar-refractivity contribution in [1.29, 1.82) is 0 Å². The first-order chi connectivity index (χ1) is 12.2. The van der Waals surface area contributed by atoms with Crippen LogP contribution in [0.4, 0.5) is 5.69 Å². The Balaban J connectivity index is 1.62. The molecule has 0 aliphatic rings. The Kier molecular flexibility index (Phi) is 5.73. The van der Waals surface area contributed by atoms with E-state index in [4.69, 9.17) is 4.74 Å². The van der Waals surface area contributed by atoms with Gasteiger partial charge in [-0.05, 0) is 36.8 Å². The molecule has 1 amide bonds. The molecule has 1 aromatic heterocycles. The number of methoxy groups -OCH3 is 1. The largest absolute Gasteiger partial charge is 0.495 e. The number of carbonyl (C=O) groups excluding carboxylic acids is 1. The summed E-state index contributed by atoms with van der Waals surface area (Å²) in [6, 6.07) is 15.0. The zero-order valence-electron chi connectivity index (χ0n) is 14.0. The number of nitrogens with zero attached hydrogens (tertiary/aromatic N) is 1. The minimum atomic E-state index is -0.153. The van der Waals surface area contributed by atoms with Crippen molar-refractivity contribution in [1.82, 2.24) is 4.98 Å². The predicted octanol–water partition coefficient (Wildman–Crippen LogP) is 5.00. The molecule has 0 spiro atoms. The monoisotopic (exact) mass is 370 g/mol. The molecule has 0 bridgehead atoms. The minimum absolute atomic E-state index is 0.153. The van der Waals surface area contributed by atoms with Crippen LogP contribution < -0.4 is 10.1 Å².